The van der Waals surface area contributed by atoms with Crippen LogP contribution in [0.5, 0.6) is 0 Å². The van der Waals surface area contributed by atoms with Crippen LogP contribution < -0.4 is 5.73 Å². The standard InChI is InChI=1S/C10H9BrN2/c11-10-8(5-6-13-10)7-3-1-2-4-9(7)12/h1-6,13H,12H2. The number of H-pyrrole nitrogens is 1. The van der Waals surface area contributed by atoms with Gasteiger partial charge in [-0.15, -0.1) is 0 Å². The smallest absolute Gasteiger partial charge is 0.0900 e. The monoisotopic (exact) mass is 236 g/mol. The molecular formula is C10H9BrN2. The lowest BCUT2D eigenvalue weighted by Crippen LogP contribution is -1.88. The lowest BCUT2D eigenvalue weighted by molar-refractivity contribution is 1.36. The molecular weight excluding hydrogens is 228 g/mol. The zero-order chi connectivity index (χ0) is 9.26. The Labute approximate surface area is 84.9 Å². The highest BCUT2D eigenvalue weighted by atomic mass is 79.9. The molecule has 1 aromatic carbocycles. The van der Waals surface area contributed by atoms with E-state index in [-0.39, 0.29) is 0 Å². The predicted octanol–water partition coefficient (Wildman–Crippen LogP) is 3.03. The molecule has 0 bridgehead atoms. The fourth-order valence-electron chi connectivity index (χ4n) is 1.30. The Kier molecular flexibility index (Phi) is 2.10. The minimum atomic E-state index is 0.794. The number of rotatable bonds is 1. The van der Waals surface area contributed by atoms with Gasteiger partial charge in [0.1, 0.15) is 0 Å². The number of aromatic amines is 1. The summed E-state index contributed by atoms with van der Waals surface area (Å²) >= 11 is 3.43. The minimum Gasteiger partial charge on any atom is -0.398 e. The van der Waals surface area contributed by atoms with E-state index in [9.17, 15) is 0 Å². The van der Waals surface area contributed by atoms with Crippen molar-refractivity contribution in [3.8, 4) is 11.1 Å². The fourth-order valence-corrected chi connectivity index (χ4v) is 1.78. The number of nitrogen functional groups attached to an aromatic ring is 1. The van der Waals surface area contributed by atoms with Gasteiger partial charge in [-0.3, -0.25) is 0 Å². The number of nitrogens with one attached hydrogen (secondary N) is 1. The molecule has 66 valence electrons. The number of para-hydroxylation sites is 1. The molecule has 2 rings (SSSR count). The molecule has 0 atom stereocenters. The first-order valence-corrected chi connectivity index (χ1v) is 4.76. The summed E-state index contributed by atoms with van der Waals surface area (Å²) in [7, 11) is 0. The maximum Gasteiger partial charge on any atom is 0.0900 e. The van der Waals surface area contributed by atoms with E-state index in [4.69, 9.17) is 5.73 Å². The maximum atomic E-state index is 5.85. The molecule has 0 fully saturated rings. The van der Waals surface area contributed by atoms with Crippen molar-refractivity contribution in [1.29, 1.82) is 0 Å². The van der Waals surface area contributed by atoms with Crippen LogP contribution in [0.2, 0.25) is 0 Å². The molecule has 1 heterocycles. The lowest BCUT2D eigenvalue weighted by atomic mass is 10.1. The second kappa shape index (κ2) is 3.26. The summed E-state index contributed by atoms with van der Waals surface area (Å²) in [6.45, 7) is 0. The van der Waals surface area contributed by atoms with Crippen LogP contribution in [0.25, 0.3) is 11.1 Å². The van der Waals surface area contributed by atoms with Crippen LogP contribution in [0.4, 0.5) is 5.69 Å². The van der Waals surface area contributed by atoms with E-state index in [1.165, 1.54) is 0 Å². The molecule has 0 saturated carbocycles. The summed E-state index contributed by atoms with van der Waals surface area (Å²) in [5.41, 5.74) is 8.79. The van der Waals surface area contributed by atoms with Gasteiger partial charge in [0.15, 0.2) is 0 Å². The Hall–Kier alpha value is -1.22. The van der Waals surface area contributed by atoms with Crippen molar-refractivity contribution in [3.05, 3.63) is 41.1 Å². The van der Waals surface area contributed by atoms with Gasteiger partial charge < -0.3 is 10.7 Å². The zero-order valence-electron chi connectivity index (χ0n) is 6.92. The van der Waals surface area contributed by atoms with Crippen molar-refractivity contribution in [1.82, 2.24) is 4.98 Å². The molecule has 13 heavy (non-hydrogen) atoms. The summed E-state index contributed by atoms with van der Waals surface area (Å²) in [6, 6.07) is 9.80. The molecule has 0 spiro atoms. The normalized spacial score (nSPS) is 10.2. The highest BCUT2D eigenvalue weighted by Crippen LogP contribution is 2.30. The first-order valence-electron chi connectivity index (χ1n) is 3.97. The second-order valence-electron chi connectivity index (χ2n) is 2.79. The highest BCUT2D eigenvalue weighted by Gasteiger charge is 2.05. The van der Waals surface area contributed by atoms with Crippen LogP contribution >= 0.6 is 15.9 Å². The molecule has 0 amide bonds. The molecule has 1 aromatic heterocycles. The molecule has 3 N–H and O–H groups in total. The Bertz CT molecular complexity index is 420. The zero-order valence-corrected chi connectivity index (χ0v) is 8.51. The summed E-state index contributed by atoms with van der Waals surface area (Å²) in [5, 5.41) is 0. The quantitative estimate of drug-likeness (QED) is 0.735. The number of nitrogens with two attached hydrogens (primary N) is 1. The molecule has 2 nitrogen and oxygen atoms in total. The van der Waals surface area contributed by atoms with Crippen molar-refractivity contribution in [2.24, 2.45) is 0 Å². The van der Waals surface area contributed by atoms with E-state index < -0.39 is 0 Å². The van der Waals surface area contributed by atoms with Gasteiger partial charge in [-0.25, -0.2) is 0 Å². The average molecular weight is 237 g/mol. The van der Waals surface area contributed by atoms with Gasteiger partial charge in [0.05, 0.1) is 4.60 Å². The van der Waals surface area contributed by atoms with Crippen LogP contribution in [0.15, 0.2) is 41.1 Å². The van der Waals surface area contributed by atoms with Gasteiger partial charge in [0.25, 0.3) is 0 Å². The molecule has 0 aliphatic rings. The Morgan fingerprint density at radius 1 is 1.08 bits per heavy atom. The van der Waals surface area contributed by atoms with Gasteiger partial charge in [-0.1, -0.05) is 18.2 Å². The van der Waals surface area contributed by atoms with Crippen molar-refractivity contribution in [2.75, 3.05) is 5.73 Å². The number of benzene rings is 1. The third-order valence-electron chi connectivity index (χ3n) is 1.95. The Morgan fingerprint density at radius 2 is 1.85 bits per heavy atom. The summed E-state index contributed by atoms with van der Waals surface area (Å²) < 4.78 is 0.963. The van der Waals surface area contributed by atoms with Crippen molar-refractivity contribution < 1.29 is 0 Å². The first-order chi connectivity index (χ1) is 6.29. The molecule has 3 heteroatoms. The third kappa shape index (κ3) is 1.47. The van der Waals surface area contributed by atoms with E-state index in [1.54, 1.807) is 0 Å². The van der Waals surface area contributed by atoms with Gasteiger partial charge in [0.2, 0.25) is 0 Å². The maximum absolute atomic E-state index is 5.85. The molecule has 0 radical (unpaired) electrons. The Balaban J connectivity index is 2.59. The first kappa shape index (κ1) is 8.38. The van der Waals surface area contributed by atoms with E-state index in [1.807, 2.05) is 36.5 Å². The van der Waals surface area contributed by atoms with E-state index >= 15 is 0 Å². The van der Waals surface area contributed by atoms with Crippen LogP contribution in [0.1, 0.15) is 0 Å². The topological polar surface area (TPSA) is 41.8 Å². The van der Waals surface area contributed by atoms with Crippen molar-refractivity contribution in [3.63, 3.8) is 0 Å². The molecule has 0 aliphatic heterocycles. The third-order valence-corrected chi connectivity index (χ3v) is 2.60. The van der Waals surface area contributed by atoms with Gasteiger partial charge in [-0.05, 0) is 28.1 Å². The van der Waals surface area contributed by atoms with E-state index in [0.717, 1.165) is 21.4 Å². The SMILES string of the molecule is Nc1ccccc1-c1cc[nH]c1Br. The molecule has 0 aliphatic carbocycles. The van der Waals surface area contributed by atoms with Gasteiger partial charge in [-0.2, -0.15) is 0 Å². The van der Waals surface area contributed by atoms with Crippen LogP contribution in [0.3, 0.4) is 0 Å². The number of hydrogen-bond acceptors (Lipinski definition) is 1. The minimum absolute atomic E-state index is 0.794. The summed E-state index contributed by atoms with van der Waals surface area (Å²) in [4.78, 5) is 3.06. The van der Waals surface area contributed by atoms with Gasteiger partial charge >= 0.3 is 0 Å². The highest BCUT2D eigenvalue weighted by molar-refractivity contribution is 9.10. The largest absolute Gasteiger partial charge is 0.398 e. The predicted molar refractivity (Wildman–Crippen MR) is 58.3 cm³/mol. The second-order valence-corrected chi connectivity index (χ2v) is 3.59. The molecule has 0 saturated heterocycles. The number of aromatic nitrogens is 1. The van der Waals surface area contributed by atoms with Gasteiger partial charge in [0, 0.05) is 23.0 Å². The van der Waals surface area contributed by atoms with Crippen LogP contribution in [-0.2, 0) is 0 Å². The van der Waals surface area contributed by atoms with Crippen molar-refractivity contribution >= 4 is 21.6 Å². The summed E-state index contributed by atoms with van der Waals surface area (Å²) in [6.07, 6.45) is 1.88. The number of halogens is 1. The molecule has 0 unspecified atom stereocenters. The van der Waals surface area contributed by atoms with Crippen molar-refractivity contribution in [2.45, 2.75) is 0 Å². The average Bonchev–Trinajstić information content (AvgIpc) is 2.52. The van der Waals surface area contributed by atoms with E-state index in [0.29, 0.717) is 0 Å². The van der Waals surface area contributed by atoms with Crippen LogP contribution in [-0.4, -0.2) is 4.98 Å². The fraction of sp³-hybridized carbons (Fsp3) is 0. The number of anilines is 1. The Morgan fingerprint density at radius 3 is 2.46 bits per heavy atom. The summed E-state index contributed by atoms with van der Waals surface area (Å²) in [5.74, 6) is 0. The lowest BCUT2D eigenvalue weighted by Gasteiger charge is -2.02. The van der Waals surface area contributed by atoms with E-state index in [2.05, 4.69) is 20.9 Å². The number of hydrogen-bond donors (Lipinski definition) is 2. The van der Waals surface area contributed by atoms with Crippen LogP contribution in [0, 0.1) is 0 Å². The molecule has 2 aromatic rings.